The minimum Gasteiger partial charge on any atom is -0.460 e. The van der Waals surface area contributed by atoms with Gasteiger partial charge in [-0.25, -0.2) is 4.79 Å². The zero-order chi connectivity index (χ0) is 13.0. The maximum absolute atomic E-state index is 11.8. The molecule has 0 aliphatic carbocycles. The molecule has 0 amide bonds. The molecule has 1 aromatic carbocycles. The Morgan fingerprint density at radius 1 is 1.50 bits per heavy atom. The van der Waals surface area contributed by atoms with Gasteiger partial charge in [-0.2, -0.15) is 5.10 Å². The molecule has 2 rings (SSSR count). The Balaban J connectivity index is 1.93. The van der Waals surface area contributed by atoms with Gasteiger partial charge in [0.15, 0.2) is 0 Å². The van der Waals surface area contributed by atoms with Crippen LogP contribution >= 0.6 is 11.6 Å². The summed E-state index contributed by atoms with van der Waals surface area (Å²) in [5, 5.41) is 4.32. The smallest absolute Gasteiger partial charge is 0.339 e. The molecule has 18 heavy (non-hydrogen) atoms. The topological polar surface area (TPSA) is 70.1 Å². The number of hydrogen-bond acceptors (Lipinski definition) is 4. The molecular formula is C12H12ClN3O2. The summed E-state index contributed by atoms with van der Waals surface area (Å²) in [4.78, 5) is 11.8. The molecule has 1 heterocycles. The molecule has 0 aliphatic heterocycles. The third-order valence-electron chi connectivity index (χ3n) is 2.32. The first kappa shape index (κ1) is 12.4. The van der Waals surface area contributed by atoms with E-state index in [2.05, 4.69) is 5.10 Å². The zero-order valence-electron chi connectivity index (χ0n) is 9.54. The third-order valence-corrected chi connectivity index (χ3v) is 2.65. The number of hydrogen-bond donors (Lipinski definition) is 1. The van der Waals surface area contributed by atoms with E-state index in [4.69, 9.17) is 22.1 Å². The van der Waals surface area contributed by atoms with Gasteiger partial charge in [-0.1, -0.05) is 11.6 Å². The number of nitrogen functional groups attached to an aromatic ring is 1. The summed E-state index contributed by atoms with van der Waals surface area (Å²) in [7, 11) is 0. The molecule has 0 saturated carbocycles. The van der Waals surface area contributed by atoms with E-state index in [1.54, 1.807) is 35.3 Å². The molecule has 0 radical (unpaired) electrons. The van der Waals surface area contributed by atoms with E-state index in [0.29, 0.717) is 17.3 Å². The van der Waals surface area contributed by atoms with Crippen molar-refractivity contribution in [2.45, 2.75) is 6.54 Å². The van der Waals surface area contributed by atoms with Crippen LogP contribution in [0, 0.1) is 0 Å². The van der Waals surface area contributed by atoms with Crippen LogP contribution in [0.4, 0.5) is 5.69 Å². The number of benzene rings is 1. The molecule has 0 fully saturated rings. The van der Waals surface area contributed by atoms with E-state index in [1.807, 2.05) is 0 Å². The number of nitrogens with two attached hydrogens (primary N) is 1. The molecule has 1 aromatic heterocycles. The Morgan fingerprint density at radius 2 is 2.33 bits per heavy atom. The molecular weight excluding hydrogens is 254 g/mol. The first-order valence-corrected chi connectivity index (χ1v) is 5.74. The maximum atomic E-state index is 11.8. The van der Waals surface area contributed by atoms with Crippen LogP contribution in [-0.4, -0.2) is 22.4 Å². The van der Waals surface area contributed by atoms with E-state index in [0.717, 1.165) is 0 Å². The van der Waals surface area contributed by atoms with Crippen molar-refractivity contribution in [2.24, 2.45) is 0 Å². The van der Waals surface area contributed by atoms with Crippen LogP contribution < -0.4 is 5.73 Å². The lowest BCUT2D eigenvalue weighted by molar-refractivity contribution is 0.0488. The first-order valence-electron chi connectivity index (χ1n) is 5.36. The van der Waals surface area contributed by atoms with Crippen LogP contribution in [-0.2, 0) is 11.3 Å². The Morgan fingerprint density at radius 3 is 3.06 bits per heavy atom. The summed E-state index contributed by atoms with van der Waals surface area (Å²) in [5.74, 6) is -0.487. The van der Waals surface area contributed by atoms with Crippen LogP contribution in [0.1, 0.15) is 10.4 Å². The highest BCUT2D eigenvalue weighted by Gasteiger charge is 2.12. The number of esters is 1. The van der Waals surface area contributed by atoms with E-state index < -0.39 is 5.97 Å². The first-order chi connectivity index (χ1) is 8.66. The van der Waals surface area contributed by atoms with Crippen LogP contribution in [0.5, 0.6) is 0 Å². The number of anilines is 1. The number of carbonyl (C=O) groups is 1. The van der Waals surface area contributed by atoms with E-state index in [1.165, 1.54) is 6.07 Å². The van der Waals surface area contributed by atoms with Gasteiger partial charge in [-0.15, -0.1) is 0 Å². The predicted octanol–water partition coefficient (Wildman–Crippen LogP) is 1.98. The van der Waals surface area contributed by atoms with Gasteiger partial charge in [0.05, 0.1) is 17.1 Å². The Kier molecular flexibility index (Phi) is 3.84. The van der Waals surface area contributed by atoms with E-state index in [-0.39, 0.29) is 12.2 Å². The van der Waals surface area contributed by atoms with Crippen molar-refractivity contribution in [1.82, 2.24) is 9.78 Å². The lowest BCUT2D eigenvalue weighted by Gasteiger charge is -2.07. The summed E-state index contributed by atoms with van der Waals surface area (Å²) in [6.45, 7) is 0.727. The second-order valence-electron chi connectivity index (χ2n) is 3.64. The number of nitrogens with zero attached hydrogens (tertiary/aromatic N) is 2. The zero-order valence-corrected chi connectivity index (χ0v) is 10.3. The molecule has 0 saturated heterocycles. The van der Waals surface area contributed by atoms with Crippen LogP contribution in [0.15, 0.2) is 36.7 Å². The number of halogens is 1. The molecule has 0 aliphatic rings. The van der Waals surface area contributed by atoms with Gasteiger partial charge in [0.1, 0.15) is 6.61 Å². The summed E-state index contributed by atoms with van der Waals surface area (Å²) >= 11 is 5.90. The van der Waals surface area contributed by atoms with Crippen molar-refractivity contribution in [3.8, 4) is 0 Å². The molecule has 0 bridgehead atoms. The predicted molar refractivity (Wildman–Crippen MR) is 68.4 cm³/mol. The van der Waals surface area contributed by atoms with Gasteiger partial charge < -0.3 is 10.5 Å². The third kappa shape index (κ3) is 3.01. The Bertz CT molecular complexity index is 540. The van der Waals surface area contributed by atoms with Crippen molar-refractivity contribution in [1.29, 1.82) is 0 Å². The molecule has 2 N–H and O–H groups in total. The van der Waals surface area contributed by atoms with Gasteiger partial charge >= 0.3 is 5.97 Å². The molecule has 0 spiro atoms. The van der Waals surface area contributed by atoms with Crippen molar-refractivity contribution < 1.29 is 9.53 Å². The normalized spacial score (nSPS) is 10.3. The average Bonchev–Trinajstić information content (AvgIpc) is 2.85. The fourth-order valence-electron chi connectivity index (χ4n) is 1.44. The largest absolute Gasteiger partial charge is 0.460 e. The molecule has 2 aromatic rings. The van der Waals surface area contributed by atoms with Gasteiger partial charge in [0.2, 0.25) is 0 Å². The average molecular weight is 266 g/mol. The standard InChI is InChI=1S/C12H12ClN3O2/c13-11-3-2-9(14)8-10(11)12(17)18-7-6-16-5-1-4-15-16/h1-5,8H,6-7,14H2. The van der Waals surface area contributed by atoms with Gasteiger partial charge in [-0.3, -0.25) is 4.68 Å². The monoisotopic (exact) mass is 265 g/mol. The summed E-state index contributed by atoms with van der Waals surface area (Å²) in [6.07, 6.45) is 3.46. The number of aromatic nitrogens is 2. The van der Waals surface area contributed by atoms with Crippen molar-refractivity contribution in [3.63, 3.8) is 0 Å². The van der Waals surface area contributed by atoms with Gasteiger partial charge in [0, 0.05) is 18.1 Å². The van der Waals surface area contributed by atoms with Crippen molar-refractivity contribution in [3.05, 3.63) is 47.2 Å². The van der Waals surface area contributed by atoms with Crippen molar-refractivity contribution >= 4 is 23.3 Å². The summed E-state index contributed by atoms with van der Waals surface area (Å²) < 4.78 is 6.77. The van der Waals surface area contributed by atoms with Gasteiger partial charge in [-0.05, 0) is 24.3 Å². The van der Waals surface area contributed by atoms with Gasteiger partial charge in [0.25, 0.3) is 0 Å². The molecule has 0 atom stereocenters. The lowest BCUT2D eigenvalue weighted by Crippen LogP contribution is -2.12. The number of ether oxygens (including phenoxy) is 1. The highest BCUT2D eigenvalue weighted by atomic mass is 35.5. The summed E-state index contributed by atoms with van der Waals surface area (Å²) in [5.41, 5.74) is 6.34. The SMILES string of the molecule is Nc1ccc(Cl)c(C(=O)OCCn2cccn2)c1. The number of rotatable bonds is 4. The Hall–Kier alpha value is -2.01. The van der Waals surface area contributed by atoms with Crippen LogP contribution in [0.25, 0.3) is 0 Å². The molecule has 0 unspecified atom stereocenters. The molecule has 6 heteroatoms. The molecule has 94 valence electrons. The highest BCUT2D eigenvalue weighted by Crippen LogP contribution is 2.19. The lowest BCUT2D eigenvalue weighted by atomic mass is 10.2. The van der Waals surface area contributed by atoms with Crippen molar-refractivity contribution in [2.75, 3.05) is 12.3 Å². The van der Waals surface area contributed by atoms with Crippen LogP contribution in [0.2, 0.25) is 5.02 Å². The minimum atomic E-state index is -0.487. The summed E-state index contributed by atoms with van der Waals surface area (Å²) in [6, 6.07) is 6.50. The Labute approximate surface area is 109 Å². The number of carbonyl (C=O) groups excluding carboxylic acids is 1. The molecule has 5 nitrogen and oxygen atoms in total. The minimum absolute atomic E-state index is 0.228. The fraction of sp³-hybridized carbons (Fsp3) is 0.167. The fourth-order valence-corrected chi connectivity index (χ4v) is 1.64. The second kappa shape index (κ2) is 5.55. The van der Waals surface area contributed by atoms with Crippen LogP contribution in [0.3, 0.4) is 0 Å². The highest BCUT2D eigenvalue weighted by molar-refractivity contribution is 6.33. The quantitative estimate of drug-likeness (QED) is 0.678. The van der Waals surface area contributed by atoms with E-state index >= 15 is 0 Å². The maximum Gasteiger partial charge on any atom is 0.339 e. The van der Waals surface area contributed by atoms with E-state index in [9.17, 15) is 4.79 Å². The second-order valence-corrected chi connectivity index (χ2v) is 4.05.